The van der Waals surface area contributed by atoms with Crippen LogP contribution in [0.5, 0.6) is 0 Å². The van der Waals surface area contributed by atoms with Gasteiger partial charge in [-0.1, -0.05) is 28.9 Å². The van der Waals surface area contributed by atoms with E-state index in [1.807, 2.05) is 13.0 Å². The SMILES string of the molecule is CC[C@@H]1COCCN1Cc1cc(C)c(F)cc1Br. The molecular weight excluding hydrogens is 297 g/mol. The standard InChI is InChI=1S/C14H19BrFNO/c1-3-12-9-18-5-4-17(12)8-11-6-10(2)14(16)7-13(11)15/h6-7,12H,3-5,8-9H2,1-2H3/t12-/m1/s1. The van der Waals surface area contributed by atoms with Crippen LogP contribution in [0.4, 0.5) is 4.39 Å². The van der Waals surface area contributed by atoms with Crippen LogP contribution in [0, 0.1) is 12.7 Å². The molecule has 1 aromatic carbocycles. The number of rotatable bonds is 3. The summed E-state index contributed by atoms with van der Waals surface area (Å²) in [7, 11) is 0. The molecule has 1 atom stereocenters. The topological polar surface area (TPSA) is 12.5 Å². The van der Waals surface area contributed by atoms with Crippen LogP contribution in [0.1, 0.15) is 24.5 Å². The highest BCUT2D eigenvalue weighted by Gasteiger charge is 2.22. The fourth-order valence-electron chi connectivity index (χ4n) is 2.33. The Hall–Kier alpha value is -0.450. The maximum atomic E-state index is 13.4. The lowest BCUT2D eigenvalue weighted by Gasteiger charge is -2.35. The molecule has 1 aliphatic rings. The first-order valence-electron chi connectivity index (χ1n) is 6.38. The number of nitrogens with zero attached hydrogens (tertiary/aromatic N) is 1. The number of halogens is 2. The van der Waals surface area contributed by atoms with Gasteiger partial charge in [-0.05, 0) is 30.5 Å². The Kier molecular flexibility index (Phi) is 4.76. The normalized spacial score (nSPS) is 21.2. The van der Waals surface area contributed by atoms with Gasteiger partial charge in [-0.25, -0.2) is 4.39 Å². The van der Waals surface area contributed by atoms with Gasteiger partial charge in [-0.2, -0.15) is 0 Å². The van der Waals surface area contributed by atoms with E-state index in [0.717, 1.165) is 42.8 Å². The summed E-state index contributed by atoms with van der Waals surface area (Å²) in [4.78, 5) is 2.42. The van der Waals surface area contributed by atoms with Gasteiger partial charge in [0, 0.05) is 23.6 Å². The minimum Gasteiger partial charge on any atom is -0.378 e. The molecule has 0 N–H and O–H groups in total. The lowest BCUT2D eigenvalue weighted by Crippen LogP contribution is -2.44. The molecule has 2 nitrogen and oxygen atoms in total. The van der Waals surface area contributed by atoms with Crippen LogP contribution in [0.15, 0.2) is 16.6 Å². The molecule has 0 aromatic heterocycles. The van der Waals surface area contributed by atoms with Crippen molar-refractivity contribution in [2.24, 2.45) is 0 Å². The molecule has 100 valence electrons. The predicted octanol–water partition coefficient (Wildman–Crippen LogP) is 3.51. The van der Waals surface area contributed by atoms with Crippen LogP contribution in [-0.4, -0.2) is 30.7 Å². The van der Waals surface area contributed by atoms with E-state index in [2.05, 4.69) is 27.8 Å². The molecule has 1 aromatic rings. The van der Waals surface area contributed by atoms with Crippen molar-refractivity contribution in [2.75, 3.05) is 19.8 Å². The van der Waals surface area contributed by atoms with Crippen molar-refractivity contribution in [1.29, 1.82) is 0 Å². The van der Waals surface area contributed by atoms with Crippen molar-refractivity contribution in [2.45, 2.75) is 32.9 Å². The lowest BCUT2D eigenvalue weighted by atomic mass is 10.1. The fourth-order valence-corrected chi connectivity index (χ4v) is 2.77. The smallest absolute Gasteiger partial charge is 0.127 e. The highest BCUT2D eigenvalue weighted by atomic mass is 79.9. The second-order valence-corrected chi connectivity index (χ2v) is 5.65. The van der Waals surface area contributed by atoms with Gasteiger partial charge in [0.05, 0.1) is 13.2 Å². The van der Waals surface area contributed by atoms with Crippen molar-refractivity contribution >= 4 is 15.9 Å². The average Bonchev–Trinajstić information content (AvgIpc) is 2.36. The number of hydrogen-bond acceptors (Lipinski definition) is 2. The monoisotopic (exact) mass is 315 g/mol. The van der Waals surface area contributed by atoms with Crippen LogP contribution >= 0.6 is 15.9 Å². The molecule has 4 heteroatoms. The zero-order valence-electron chi connectivity index (χ0n) is 10.9. The third-order valence-corrected chi connectivity index (χ3v) is 4.26. The number of morpholine rings is 1. The number of ether oxygens (including phenoxy) is 1. The molecule has 18 heavy (non-hydrogen) atoms. The predicted molar refractivity (Wildman–Crippen MR) is 74.1 cm³/mol. The van der Waals surface area contributed by atoms with Crippen molar-refractivity contribution in [3.05, 3.63) is 33.5 Å². The molecule has 1 saturated heterocycles. The fraction of sp³-hybridized carbons (Fsp3) is 0.571. The Morgan fingerprint density at radius 3 is 3.00 bits per heavy atom. The Bertz CT molecular complexity index is 425. The Balaban J connectivity index is 2.15. The van der Waals surface area contributed by atoms with Gasteiger partial charge in [0.2, 0.25) is 0 Å². The summed E-state index contributed by atoms with van der Waals surface area (Å²) in [5.41, 5.74) is 1.85. The summed E-state index contributed by atoms with van der Waals surface area (Å²) < 4.78 is 19.8. The molecule has 0 radical (unpaired) electrons. The molecule has 0 aliphatic carbocycles. The Morgan fingerprint density at radius 1 is 1.50 bits per heavy atom. The molecular formula is C14H19BrFNO. The molecule has 0 unspecified atom stereocenters. The second kappa shape index (κ2) is 6.13. The highest BCUT2D eigenvalue weighted by Crippen LogP contribution is 2.24. The Labute approximate surface area is 116 Å². The van der Waals surface area contributed by atoms with Crippen molar-refractivity contribution in [3.63, 3.8) is 0 Å². The van der Waals surface area contributed by atoms with E-state index in [0.29, 0.717) is 11.6 Å². The summed E-state index contributed by atoms with van der Waals surface area (Å²) in [6.07, 6.45) is 1.08. The Morgan fingerprint density at radius 2 is 2.28 bits per heavy atom. The maximum absolute atomic E-state index is 13.4. The summed E-state index contributed by atoms with van der Waals surface area (Å²) in [6, 6.07) is 3.96. The highest BCUT2D eigenvalue weighted by molar-refractivity contribution is 9.10. The molecule has 1 aliphatic heterocycles. The quantitative estimate of drug-likeness (QED) is 0.846. The molecule has 1 heterocycles. The summed E-state index contributed by atoms with van der Waals surface area (Å²) >= 11 is 3.45. The minimum absolute atomic E-state index is 0.153. The zero-order valence-corrected chi connectivity index (χ0v) is 12.5. The van der Waals surface area contributed by atoms with Crippen LogP contribution in [-0.2, 0) is 11.3 Å². The molecule has 2 rings (SSSR count). The summed E-state index contributed by atoms with van der Waals surface area (Å²) in [5.74, 6) is -0.153. The molecule has 0 bridgehead atoms. The van der Waals surface area contributed by atoms with Crippen molar-refractivity contribution in [1.82, 2.24) is 4.90 Å². The van der Waals surface area contributed by atoms with Gasteiger partial charge in [0.25, 0.3) is 0 Å². The number of benzene rings is 1. The van der Waals surface area contributed by atoms with Crippen LogP contribution < -0.4 is 0 Å². The van der Waals surface area contributed by atoms with Gasteiger partial charge in [-0.3, -0.25) is 4.90 Å². The molecule has 0 amide bonds. The van der Waals surface area contributed by atoms with Gasteiger partial charge in [0.1, 0.15) is 5.82 Å². The molecule has 0 saturated carbocycles. The second-order valence-electron chi connectivity index (χ2n) is 4.80. The van der Waals surface area contributed by atoms with E-state index in [1.165, 1.54) is 0 Å². The first kappa shape index (κ1) is 14.0. The first-order chi connectivity index (χ1) is 8.61. The number of aryl methyl sites for hydroxylation is 1. The van der Waals surface area contributed by atoms with E-state index >= 15 is 0 Å². The van der Waals surface area contributed by atoms with E-state index in [-0.39, 0.29) is 5.82 Å². The van der Waals surface area contributed by atoms with Gasteiger partial charge >= 0.3 is 0 Å². The van der Waals surface area contributed by atoms with E-state index < -0.39 is 0 Å². The molecule has 0 spiro atoms. The largest absolute Gasteiger partial charge is 0.378 e. The third-order valence-electron chi connectivity index (χ3n) is 3.52. The summed E-state index contributed by atoms with van der Waals surface area (Å²) in [6.45, 7) is 7.37. The van der Waals surface area contributed by atoms with Crippen molar-refractivity contribution < 1.29 is 9.13 Å². The minimum atomic E-state index is -0.153. The van der Waals surface area contributed by atoms with Crippen molar-refractivity contribution in [3.8, 4) is 0 Å². The lowest BCUT2D eigenvalue weighted by molar-refractivity contribution is -0.0128. The van der Waals surface area contributed by atoms with Crippen LogP contribution in [0.25, 0.3) is 0 Å². The van der Waals surface area contributed by atoms with Gasteiger partial charge in [0.15, 0.2) is 0 Å². The zero-order chi connectivity index (χ0) is 13.1. The maximum Gasteiger partial charge on any atom is 0.127 e. The van der Waals surface area contributed by atoms with Gasteiger partial charge < -0.3 is 4.74 Å². The van der Waals surface area contributed by atoms with Gasteiger partial charge in [-0.15, -0.1) is 0 Å². The summed E-state index contributed by atoms with van der Waals surface area (Å²) in [5, 5.41) is 0. The van der Waals surface area contributed by atoms with E-state index in [1.54, 1.807) is 6.07 Å². The first-order valence-corrected chi connectivity index (χ1v) is 7.17. The number of hydrogen-bond donors (Lipinski definition) is 0. The third kappa shape index (κ3) is 3.11. The average molecular weight is 316 g/mol. The van der Waals surface area contributed by atoms with E-state index in [9.17, 15) is 4.39 Å². The van der Waals surface area contributed by atoms with E-state index in [4.69, 9.17) is 4.74 Å². The van der Waals surface area contributed by atoms with Crippen LogP contribution in [0.2, 0.25) is 0 Å². The van der Waals surface area contributed by atoms with Crippen LogP contribution in [0.3, 0.4) is 0 Å². The molecule has 1 fully saturated rings.